The molecule has 1 heterocycles. The summed E-state index contributed by atoms with van der Waals surface area (Å²) < 4.78 is 63.9. The number of nitrogens with one attached hydrogen (secondary N) is 2. The third kappa shape index (κ3) is 4.59. The Labute approximate surface area is 145 Å². The number of aromatic amines is 1. The Morgan fingerprint density at radius 2 is 1.65 bits per heavy atom. The van der Waals surface area contributed by atoms with E-state index in [1.165, 1.54) is 20.8 Å². The van der Waals surface area contributed by atoms with E-state index >= 15 is 0 Å². The molecule has 2 aromatic rings. The maximum atomic E-state index is 12.8. The van der Waals surface area contributed by atoms with Gasteiger partial charge in [0.25, 0.3) is 11.5 Å². The number of carbonyl (C=O) groups is 1. The topological polar surface area (TPSA) is 74.8 Å². The summed E-state index contributed by atoms with van der Waals surface area (Å²) >= 11 is 0. The van der Waals surface area contributed by atoms with E-state index in [4.69, 9.17) is 0 Å². The first-order valence-corrected chi connectivity index (χ1v) is 9.18. The first-order chi connectivity index (χ1) is 11.5. The lowest BCUT2D eigenvalue weighted by Crippen LogP contribution is -2.41. The molecule has 1 aromatic carbocycles. The number of benzene rings is 1. The molecule has 0 aliphatic heterocycles. The molecular weight excluding hydrogens is 381 g/mol. The van der Waals surface area contributed by atoms with Crippen LogP contribution >= 0.6 is 10.2 Å². The van der Waals surface area contributed by atoms with Crippen LogP contribution in [-0.2, 0) is 5.54 Å². The minimum Gasteiger partial charge on any atom is -0.342 e. The molecule has 2 rings (SSSR count). The van der Waals surface area contributed by atoms with Crippen molar-refractivity contribution in [3.63, 3.8) is 0 Å². The number of H-pyrrole nitrogens is 1. The van der Waals surface area contributed by atoms with Crippen molar-refractivity contribution in [3.05, 3.63) is 57.8 Å². The molecule has 0 aliphatic carbocycles. The molecule has 0 aliphatic rings. The van der Waals surface area contributed by atoms with E-state index in [1.54, 1.807) is 0 Å². The highest BCUT2D eigenvalue weighted by Gasteiger charge is 2.65. The molecule has 1 aromatic heterocycles. The number of nitrogens with zero attached hydrogens (tertiary/aromatic N) is 1. The van der Waals surface area contributed by atoms with E-state index in [-0.39, 0.29) is 29.2 Å². The predicted octanol–water partition coefficient (Wildman–Crippen LogP) is 4.40. The highest BCUT2D eigenvalue weighted by atomic mass is 32.5. The number of rotatable bonds is 4. The zero-order valence-electron chi connectivity index (χ0n) is 13.9. The van der Waals surface area contributed by atoms with E-state index in [1.807, 2.05) is 0 Å². The van der Waals surface area contributed by atoms with Gasteiger partial charge in [-0.05, 0) is 38.5 Å². The monoisotopic (exact) mass is 397 g/mol. The fourth-order valence-corrected chi connectivity index (χ4v) is 2.90. The average Bonchev–Trinajstić information content (AvgIpc) is 2.43. The zero-order valence-corrected chi connectivity index (χ0v) is 14.8. The minimum atomic E-state index is -9.76. The number of hydrogen-bond acceptors (Lipinski definition) is 3. The Balaban J connectivity index is 2.30. The lowest BCUT2D eigenvalue weighted by atomic mass is 9.94. The van der Waals surface area contributed by atoms with E-state index in [0.29, 0.717) is 0 Å². The Morgan fingerprint density at radius 1 is 1.12 bits per heavy atom. The van der Waals surface area contributed by atoms with Crippen molar-refractivity contribution in [1.29, 1.82) is 0 Å². The van der Waals surface area contributed by atoms with Gasteiger partial charge >= 0.3 is 10.2 Å². The molecule has 0 radical (unpaired) electrons. The molecule has 0 fully saturated rings. The van der Waals surface area contributed by atoms with E-state index in [9.17, 15) is 29.0 Å². The normalized spacial score (nSPS) is 15.1. The van der Waals surface area contributed by atoms with Crippen LogP contribution < -0.4 is 10.9 Å². The molecule has 0 atom stereocenters. The molecule has 0 saturated heterocycles. The highest BCUT2D eigenvalue weighted by molar-refractivity contribution is 8.45. The first kappa shape index (κ1) is 19.9. The molecule has 0 unspecified atom stereocenters. The number of hydrogen-bond donors (Lipinski definition) is 2. The summed E-state index contributed by atoms with van der Waals surface area (Å²) in [7, 11) is -9.76. The molecule has 0 bridgehead atoms. The van der Waals surface area contributed by atoms with Crippen LogP contribution in [0.2, 0.25) is 0 Å². The smallest absolute Gasteiger partial charge is 0.310 e. The summed E-state index contributed by atoms with van der Waals surface area (Å²) in [6.07, 6.45) is 0. The van der Waals surface area contributed by atoms with Gasteiger partial charge in [-0.3, -0.25) is 9.59 Å². The Kier molecular flexibility index (Phi) is 4.04. The predicted molar refractivity (Wildman–Crippen MR) is 87.9 cm³/mol. The summed E-state index contributed by atoms with van der Waals surface area (Å²) in [4.78, 5) is 27.9. The van der Waals surface area contributed by atoms with Crippen molar-refractivity contribution in [2.75, 3.05) is 0 Å². The average molecular weight is 397 g/mol. The van der Waals surface area contributed by atoms with Crippen LogP contribution in [0.5, 0.6) is 0 Å². The van der Waals surface area contributed by atoms with Crippen LogP contribution in [0.3, 0.4) is 0 Å². The van der Waals surface area contributed by atoms with Crippen molar-refractivity contribution in [2.45, 2.75) is 31.2 Å². The van der Waals surface area contributed by atoms with Crippen LogP contribution in [0.1, 0.15) is 35.7 Å². The van der Waals surface area contributed by atoms with Crippen LogP contribution in [-0.4, -0.2) is 15.9 Å². The van der Waals surface area contributed by atoms with E-state index < -0.39 is 32.1 Å². The van der Waals surface area contributed by atoms with Crippen LogP contribution in [0.4, 0.5) is 19.4 Å². The van der Waals surface area contributed by atoms with Gasteiger partial charge in [0.1, 0.15) is 16.4 Å². The minimum absolute atomic E-state index is 0.165. The lowest BCUT2D eigenvalue weighted by molar-refractivity contribution is 0.0906. The Hall–Kier alpha value is -2.43. The maximum absolute atomic E-state index is 12.8. The summed E-state index contributed by atoms with van der Waals surface area (Å²) in [5, 5.41) is 2.51. The van der Waals surface area contributed by atoms with E-state index in [0.717, 1.165) is 18.2 Å². The quantitative estimate of drug-likeness (QED) is 0.751. The molecule has 2 N–H and O–H groups in total. The van der Waals surface area contributed by atoms with Gasteiger partial charge in [0.2, 0.25) is 0 Å². The molecule has 5 nitrogen and oxygen atoms in total. The molecular formula is C15H16F5N3O2S. The standard InChI is InChI=1S/C15H16F5N3O2S/c1-9-21-12(8-13(24)22-9)14(25)23-15(2,3)10-4-6-11(7-5-10)26(16,17,18,19)20/h4-8H,1-3H3,(H,23,25)(H,21,22,24). The number of aryl methyl sites for hydroxylation is 1. The Bertz CT molecular complexity index is 922. The molecule has 26 heavy (non-hydrogen) atoms. The number of aromatic nitrogens is 2. The maximum Gasteiger partial charge on any atom is 0.310 e. The fourth-order valence-electron chi connectivity index (χ4n) is 2.24. The lowest BCUT2D eigenvalue weighted by Gasteiger charge is -2.40. The largest absolute Gasteiger partial charge is 0.342 e. The second-order valence-electron chi connectivity index (χ2n) is 6.29. The number of halogens is 5. The second-order valence-corrected chi connectivity index (χ2v) is 8.70. The molecule has 11 heteroatoms. The summed E-state index contributed by atoms with van der Waals surface area (Å²) in [6, 6.07) is 3.25. The van der Waals surface area contributed by atoms with Gasteiger partial charge in [0, 0.05) is 6.07 Å². The van der Waals surface area contributed by atoms with Crippen LogP contribution in [0, 0.1) is 6.92 Å². The molecule has 0 saturated carbocycles. The third-order valence-electron chi connectivity index (χ3n) is 3.54. The van der Waals surface area contributed by atoms with Crippen molar-refractivity contribution < 1.29 is 24.2 Å². The second kappa shape index (κ2) is 5.29. The molecule has 144 valence electrons. The van der Waals surface area contributed by atoms with Gasteiger partial charge in [0.15, 0.2) is 0 Å². The Morgan fingerprint density at radius 3 is 2.12 bits per heavy atom. The summed E-state index contributed by atoms with van der Waals surface area (Å²) in [6.45, 7) is 4.42. The first-order valence-electron chi connectivity index (χ1n) is 7.23. The van der Waals surface area contributed by atoms with Crippen molar-refractivity contribution in [3.8, 4) is 0 Å². The van der Waals surface area contributed by atoms with Gasteiger partial charge in [0.05, 0.1) is 5.54 Å². The van der Waals surface area contributed by atoms with Crippen molar-refractivity contribution >= 4 is 16.1 Å². The van der Waals surface area contributed by atoms with Gasteiger partial charge in [-0.25, -0.2) is 4.98 Å². The SMILES string of the molecule is Cc1nc(C(=O)NC(C)(C)c2ccc(S(F)(F)(F)(F)F)cc2)cc(=O)[nH]1. The summed E-state index contributed by atoms with van der Waals surface area (Å²) in [5.74, 6) is -0.526. The van der Waals surface area contributed by atoms with Crippen molar-refractivity contribution in [2.24, 2.45) is 0 Å². The number of amides is 1. The summed E-state index contributed by atoms with van der Waals surface area (Å²) in [5.41, 5.74) is -1.76. The van der Waals surface area contributed by atoms with Gasteiger partial charge < -0.3 is 10.3 Å². The molecule has 1 amide bonds. The van der Waals surface area contributed by atoms with Gasteiger partial charge in [-0.2, -0.15) is 0 Å². The van der Waals surface area contributed by atoms with Gasteiger partial charge in [-0.1, -0.05) is 31.6 Å². The highest BCUT2D eigenvalue weighted by Crippen LogP contribution is 3.02. The third-order valence-corrected chi connectivity index (χ3v) is 4.70. The van der Waals surface area contributed by atoms with Crippen molar-refractivity contribution in [1.82, 2.24) is 15.3 Å². The van der Waals surface area contributed by atoms with Crippen LogP contribution in [0.15, 0.2) is 40.0 Å². The molecule has 0 spiro atoms. The fraction of sp³-hybridized carbons (Fsp3) is 0.267. The number of carbonyl (C=O) groups excluding carboxylic acids is 1. The zero-order chi connectivity index (χ0) is 20.0. The van der Waals surface area contributed by atoms with Crippen LogP contribution in [0.25, 0.3) is 0 Å². The van der Waals surface area contributed by atoms with E-state index in [2.05, 4.69) is 15.3 Å². The van der Waals surface area contributed by atoms with Gasteiger partial charge in [-0.15, -0.1) is 0 Å².